The quantitative estimate of drug-likeness (QED) is 0.768. The van der Waals surface area contributed by atoms with Gasteiger partial charge >= 0.3 is 6.03 Å². The van der Waals surface area contributed by atoms with E-state index < -0.39 is 0 Å². The van der Waals surface area contributed by atoms with E-state index in [4.69, 9.17) is 5.10 Å². The van der Waals surface area contributed by atoms with Gasteiger partial charge in [-0.25, -0.2) is 9.48 Å². The predicted molar refractivity (Wildman–Crippen MR) is 116 cm³/mol. The van der Waals surface area contributed by atoms with E-state index in [1.165, 1.54) is 4.90 Å². The van der Waals surface area contributed by atoms with Gasteiger partial charge in [-0.3, -0.25) is 4.79 Å². The van der Waals surface area contributed by atoms with Crippen LogP contribution in [0.15, 0.2) is 36.4 Å². The fourth-order valence-electron chi connectivity index (χ4n) is 2.83. The Balaban J connectivity index is 2.26. The number of urea groups is 1. The second-order valence-electron chi connectivity index (χ2n) is 8.41. The summed E-state index contributed by atoms with van der Waals surface area (Å²) < 4.78 is 1.74. The maximum atomic E-state index is 12.8. The number of rotatable bonds is 7. The van der Waals surface area contributed by atoms with Crippen molar-refractivity contribution >= 4 is 17.8 Å². The molecule has 0 radical (unpaired) electrons. The lowest BCUT2D eigenvalue weighted by molar-refractivity contribution is -0.116. The van der Waals surface area contributed by atoms with Crippen LogP contribution in [0.5, 0.6) is 0 Å². The van der Waals surface area contributed by atoms with Crippen molar-refractivity contribution in [3.8, 4) is 5.69 Å². The summed E-state index contributed by atoms with van der Waals surface area (Å²) in [4.78, 5) is 28.3. The zero-order chi connectivity index (χ0) is 21.6. The van der Waals surface area contributed by atoms with E-state index >= 15 is 0 Å². The van der Waals surface area contributed by atoms with Crippen LogP contribution in [0.4, 0.5) is 10.6 Å². The number of aromatic nitrogens is 2. The number of carbonyl (C=O) groups is 2. The third kappa shape index (κ3) is 6.07. The molecule has 0 bridgehead atoms. The highest BCUT2D eigenvalue weighted by molar-refractivity contribution is 5.94. The topological polar surface area (TPSA) is 70.5 Å². The van der Waals surface area contributed by atoms with E-state index in [9.17, 15) is 9.59 Å². The SMILES string of the molecule is CCCCN(CC(=O)Nc1cc(C(C)(C)C)nn1-c1ccccc1)C(=O)N(C)C. The van der Waals surface area contributed by atoms with Gasteiger partial charge < -0.3 is 15.1 Å². The standard InChI is InChI=1S/C22H33N5O2/c1-7-8-14-26(21(29)25(5)6)16-20(28)23-19-15-18(22(2,3)4)24-27(19)17-12-10-9-11-13-17/h9-13,15H,7-8,14,16H2,1-6H3,(H,23,28). The number of nitrogens with one attached hydrogen (secondary N) is 1. The first kappa shape index (κ1) is 22.5. The fraction of sp³-hybridized carbons (Fsp3) is 0.500. The van der Waals surface area contributed by atoms with Gasteiger partial charge in [-0.2, -0.15) is 5.10 Å². The molecular formula is C22H33N5O2. The van der Waals surface area contributed by atoms with Crippen LogP contribution in [0, 0.1) is 0 Å². The van der Waals surface area contributed by atoms with E-state index in [1.807, 2.05) is 36.4 Å². The molecule has 0 aliphatic carbocycles. The summed E-state index contributed by atoms with van der Waals surface area (Å²) in [6, 6.07) is 11.4. The molecule has 0 unspecified atom stereocenters. The van der Waals surface area contributed by atoms with Crippen LogP contribution >= 0.6 is 0 Å². The summed E-state index contributed by atoms with van der Waals surface area (Å²) >= 11 is 0. The molecule has 7 nitrogen and oxygen atoms in total. The Morgan fingerprint density at radius 1 is 1.14 bits per heavy atom. The number of amides is 3. The van der Waals surface area contributed by atoms with E-state index in [0.29, 0.717) is 12.4 Å². The Hall–Kier alpha value is -2.83. The Morgan fingerprint density at radius 3 is 2.34 bits per heavy atom. The van der Waals surface area contributed by atoms with Gasteiger partial charge in [-0.1, -0.05) is 52.3 Å². The van der Waals surface area contributed by atoms with Gasteiger partial charge in [0.05, 0.1) is 11.4 Å². The summed E-state index contributed by atoms with van der Waals surface area (Å²) in [6.45, 7) is 8.86. The third-order valence-electron chi connectivity index (χ3n) is 4.52. The van der Waals surface area contributed by atoms with Crippen molar-refractivity contribution < 1.29 is 9.59 Å². The Morgan fingerprint density at radius 2 is 1.79 bits per heavy atom. The van der Waals surface area contributed by atoms with Gasteiger partial charge in [0.1, 0.15) is 12.4 Å². The summed E-state index contributed by atoms with van der Waals surface area (Å²) in [5.41, 5.74) is 1.59. The molecule has 158 valence electrons. The minimum absolute atomic E-state index is 0.00182. The summed E-state index contributed by atoms with van der Waals surface area (Å²) in [5, 5.41) is 7.66. The van der Waals surface area contributed by atoms with Crippen molar-refractivity contribution in [1.29, 1.82) is 0 Å². The normalized spacial score (nSPS) is 11.2. The van der Waals surface area contributed by atoms with Crippen molar-refractivity contribution in [2.45, 2.75) is 46.0 Å². The minimum atomic E-state index is -0.242. The largest absolute Gasteiger partial charge is 0.331 e. The van der Waals surface area contributed by atoms with Crippen LogP contribution in [-0.4, -0.2) is 58.7 Å². The molecule has 3 amide bonds. The first-order chi connectivity index (χ1) is 13.6. The predicted octanol–water partition coefficient (Wildman–Crippen LogP) is 3.89. The lowest BCUT2D eigenvalue weighted by Crippen LogP contribution is -2.44. The summed E-state index contributed by atoms with van der Waals surface area (Å²) in [6.07, 6.45) is 1.80. The van der Waals surface area contributed by atoms with E-state index in [0.717, 1.165) is 24.2 Å². The molecule has 0 aliphatic rings. The first-order valence-corrected chi connectivity index (χ1v) is 10.1. The average Bonchev–Trinajstić information content (AvgIpc) is 3.09. The zero-order valence-electron chi connectivity index (χ0n) is 18.4. The Kier molecular flexibility index (Phi) is 7.42. The molecule has 0 spiro atoms. The lowest BCUT2D eigenvalue weighted by Gasteiger charge is -2.25. The molecule has 0 fully saturated rings. The zero-order valence-corrected chi connectivity index (χ0v) is 18.4. The van der Waals surface area contributed by atoms with Crippen molar-refractivity contribution in [2.24, 2.45) is 0 Å². The second kappa shape index (κ2) is 9.58. The van der Waals surface area contributed by atoms with Crippen molar-refractivity contribution in [3.05, 3.63) is 42.1 Å². The van der Waals surface area contributed by atoms with Crippen LogP contribution in [-0.2, 0) is 10.2 Å². The Bertz CT molecular complexity index is 821. The van der Waals surface area contributed by atoms with Crippen LogP contribution in [0.1, 0.15) is 46.2 Å². The highest BCUT2D eigenvalue weighted by atomic mass is 16.2. The molecule has 0 saturated carbocycles. The molecule has 0 aliphatic heterocycles. The molecular weight excluding hydrogens is 366 g/mol. The van der Waals surface area contributed by atoms with Crippen molar-refractivity contribution in [2.75, 3.05) is 32.5 Å². The van der Waals surface area contributed by atoms with Crippen LogP contribution in [0.25, 0.3) is 5.69 Å². The van der Waals surface area contributed by atoms with Gasteiger partial charge in [-0.05, 0) is 18.6 Å². The van der Waals surface area contributed by atoms with E-state index in [1.54, 1.807) is 23.7 Å². The molecule has 1 aromatic carbocycles. The first-order valence-electron chi connectivity index (χ1n) is 10.1. The summed E-state index contributed by atoms with van der Waals surface area (Å²) in [5.74, 6) is 0.354. The smallest absolute Gasteiger partial charge is 0.319 e. The molecule has 1 N–H and O–H groups in total. The molecule has 0 saturated heterocycles. The van der Waals surface area contributed by atoms with Gasteiger partial charge in [-0.15, -0.1) is 0 Å². The van der Waals surface area contributed by atoms with Gasteiger partial charge in [0.25, 0.3) is 0 Å². The highest BCUT2D eigenvalue weighted by Crippen LogP contribution is 2.26. The lowest BCUT2D eigenvalue weighted by atomic mass is 9.92. The molecule has 1 heterocycles. The van der Waals surface area contributed by atoms with Gasteiger partial charge in [0.15, 0.2) is 0 Å². The van der Waals surface area contributed by atoms with Crippen molar-refractivity contribution in [1.82, 2.24) is 19.6 Å². The van der Waals surface area contributed by atoms with E-state index in [-0.39, 0.29) is 23.9 Å². The number of para-hydroxylation sites is 1. The van der Waals surface area contributed by atoms with Crippen LogP contribution in [0.3, 0.4) is 0 Å². The number of benzene rings is 1. The Labute approximate surface area is 173 Å². The van der Waals surface area contributed by atoms with Crippen LogP contribution in [0.2, 0.25) is 0 Å². The molecule has 1 aromatic heterocycles. The van der Waals surface area contributed by atoms with Gasteiger partial charge in [0.2, 0.25) is 5.91 Å². The maximum Gasteiger partial charge on any atom is 0.319 e. The number of hydrogen-bond acceptors (Lipinski definition) is 3. The van der Waals surface area contributed by atoms with E-state index in [2.05, 4.69) is 33.0 Å². The highest BCUT2D eigenvalue weighted by Gasteiger charge is 2.23. The molecule has 0 atom stereocenters. The number of nitrogens with zero attached hydrogens (tertiary/aromatic N) is 4. The molecule has 29 heavy (non-hydrogen) atoms. The number of hydrogen-bond donors (Lipinski definition) is 1. The second-order valence-corrected chi connectivity index (χ2v) is 8.41. The fourth-order valence-corrected chi connectivity index (χ4v) is 2.83. The average molecular weight is 400 g/mol. The number of unbranched alkanes of at least 4 members (excludes halogenated alkanes) is 1. The molecule has 2 rings (SSSR count). The van der Waals surface area contributed by atoms with Crippen LogP contribution < -0.4 is 5.32 Å². The van der Waals surface area contributed by atoms with Crippen molar-refractivity contribution in [3.63, 3.8) is 0 Å². The minimum Gasteiger partial charge on any atom is -0.331 e. The third-order valence-corrected chi connectivity index (χ3v) is 4.52. The maximum absolute atomic E-state index is 12.8. The van der Waals surface area contributed by atoms with Gasteiger partial charge in [0, 0.05) is 32.1 Å². The number of anilines is 1. The summed E-state index contributed by atoms with van der Waals surface area (Å²) in [7, 11) is 3.39. The monoisotopic (exact) mass is 399 g/mol. The molecule has 7 heteroatoms. The molecule has 2 aromatic rings. The number of carbonyl (C=O) groups excluding carboxylic acids is 2.